The van der Waals surface area contributed by atoms with Gasteiger partial charge in [-0.3, -0.25) is 0 Å². The molecule has 18 heavy (non-hydrogen) atoms. The molecule has 0 radical (unpaired) electrons. The summed E-state index contributed by atoms with van der Waals surface area (Å²) in [5, 5.41) is 3.23. The highest BCUT2D eigenvalue weighted by atomic mass is 32.2. The number of rotatable bonds is 6. The van der Waals surface area contributed by atoms with Crippen LogP contribution in [0.2, 0.25) is 0 Å². The van der Waals surface area contributed by atoms with E-state index in [1.807, 2.05) is 27.7 Å². The molecule has 0 aliphatic heterocycles. The zero-order chi connectivity index (χ0) is 13.8. The molecule has 0 unspecified atom stereocenters. The molecule has 0 saturated carbocycles. The number of sulfonamides is 1. The molecule has 5 heteroatoms. The summed E-state index contributed by atoms with van der Waals surface area (Å²) in [5.74, 6) is 0. The second-order valence-electron chi connectivity index (χ2n) is 5.05. The molecule has 4 nitrogen and oxygen atoms in total. The maximum absolute atomic E-state index is 12.1. The molecule has 0 heterocycles. The summed E-state index contributed by atoms with van der Waals surface area (Å²) >= 11 is 0. The Morgan fingerprint density at radius 3 is 2.22 bits per heavy atom. The van der Waals surface area contributed by atoms with Gasteiger partial charge in [-0.05, 0) is 39.4 Å². The lowest BCUT2D eigenvalue weighted by atomic mass is 10.1. The van der Waals surface area contributed by atoms with E-state index in [0.29, 0.717) is 11.4 Å². The Balaban J connectivity index is 2.74. The lowest BCUT2D eigenvalue weighted by Gasteiger charge is -2.25. The summed E-state index contributed by atoms with van der Waals surface area (Å²) in [5.41, 5.74) is 0.786. The topological polar surface area (TPSA) is 58.2 Å². The average Bonchev–Trinajstić information content (AvgIpc) is 2.27. The van der Waals surface area contributed by atoms with Crippen molar-refractivity contribution in [2.24, 2.45) is 0 Å². The van der Waals surface area contributed by atoms with Gasteiger partial charge < -0.3 is 5.32 Å². The van der Waals surface area contributed by atoms with Crippen LogP contribution in [0.25, 0.3) is 0 Å². The van der Waals surface area contributed by atoms with E-state index in [-0.39, 0.29) is 5.54 Å². The molecular weight excluding hydrogens is 248 g/mol. The molecule has 0 aromatic heterocycles. The number of nitrogens with one attached hydrogen (secondary N) is 2. The second kappa shape index (κ2) is 5.82. The van der Waals surface area contributed by atoms with Gasteiger partial charge in [0.25, 0.3) is 0 Å². The van der Waals surface area contributed by atoms with Crippen LogP contribution in [0, 0.1) is 6.92 Å². The summed E-state index contributed by atoms with van der Waals surface area (Å²) in [7, 11) is -3.42. The molecule has 0 aliphatic rings. The standard InChI is InChI=1S/C13H22N2O2S/c1-5-14-13(3,4)10-15-18(16,17)12-8-6-11(2)7-9-12/h6-9,14-15H,5,10H2,1-4H3. The Morgan fingerprint density at radius 1 is 1.17 bits per heavy atom. The van der Waals surface area contributed by atoms with Crippen LogP contribution in [-0.4, -0.2) is 27.0 Å². The van der Waals surface area contributed by atoms with Crippen molar-refractivity contribution < 1.29 is 8.42 Å². The lowest BCUT2D eigenvalue weighted by molar-refractivity contribution is 0.395. The summed E-state index contributed by atoms with van der Waals surface area (Å²) in [4.78, 5) is 0.306. The van der Waals surface area contributed by atoms with E-state index in [1.54, 1.807) is 24.3 Å². The van der Waals surface area contributed by atoms with Crippen LogP contribution >= 0.6 is 0 Å². The van der Waals surface area contributed by atoms with Gasteiger partial charge in [-0.2, -0.15) is 0 Å². The molecule has 1 aromatic carbocycles. The van der Waals surface area contributed by atoms with E-state index in [2.05, 4.69) is 10.0 Å². The van der Waals surface area contributed by atoms with E-state index in [4.69, 9.17) is 0 Å². The van der Waals surface area contributed by atoms with E-state index >= 15 is 0 Å². The minimum atomic E-state index is -3.42. The molecule has 0 fully saturated rings. The Bertz CT molecular complexity index is 478. The van der Waals surface area contributed by atoms with Crippen LogP contribution in [0.1, 0.15) is 26.3 Å². The number of hydrogen-bond donors (Lipinski definition) is 2. The van der Waals surface area contributed by atoms with Crippen molar-refractivity contribution in [3.8, 4) is 0 Å². The number of hydrogen-bond acceptors (Lipinski definition) is 3. The van der Waals surface area contributed by atoms with Gasteiger partial charge in [0.2, 0.25) is 10.0 Å². The number of likely N-dealkylation sites (N-methyl/N-ethyl adjacent to an activating group) is 1. The molecule has 2 N–H and O–H groups in total. The molecule has 0 aliphatic carbocycles. The predicted octanol–water partition coefficient (Wildman–Crippen LogP) is 1.66. The molecule has 1 rings (SSSR count). The fourth-order valence-electron chi connectivity index (χ4n) is 1.62. The largest absolute Gasteiger partial charge is 0.311 e. The van der Waals surface area contributed by atoms with Gasteiger partial charge >= 0.3 is 0 Å². The van der Waals surface area contributed by atoms with Gasteiger partial charge in [0.05, 0.1) is 4.90 Å². The zero-order valence-corrected chi connectivity index (χ0v) is 12.3. The third-order valence-corrected chi connectivity index (χ3v) is 4.11. The normalized spacial score (nSPS) is 12.7. The first-order chi connectivity index (χ1) is 8.27. The first-order valence-electron chi connectivity index (χ1n) is 6.08. The summed E-state index contributed by atoms with van der Waals surface area (Å²) in [6, 6.07) is 6.84. The molecule has 0 bridgehead atoms. The molecule has 102 valence electrons. The second-order valence-corrected chi connectivity index (χ2v) is 6.82. The molecule has 0 spiro atoms. The maximum atomic E-state index is 12.1. The number of aryl methyl sites for hydroxylation is 1. The third-order valence-electron chi connectivity index (χ3n) is 2.69. The van der Waals surface area contributed by atoms with Crippen LogP contribution in [0.4, 0.5) is 0 Å². The van der Waals surface area contributed by atoms with Crippen molar-refractivity contribution in [3.63, 3.8) is 0 Å². The van der Waals surface area contributed by atoms with Crippen molar-refractivity contribution in [3.05, 3.63) is 29.8 Å². The van der Waals surface area contributed by atoms with Crippen molar-refractivity contribution in [1.82, 2.24) is 10.0 Å². The van der Waals surface area contributed by atoms with E-state index in [9.17, 15) is 8.42 Å². The fraction of sp³-hybridized carbons (Fsp3) is 0.538. The Labute approximate surface area is 110 Å². The smallest absolute Gasteiger partial charge is 0.240 e. The van der Waals surface area contributed by atoms with Gasteiger partial charge in [0.1, 0.15) is 0 Å². The Kier molecular flexibility index (Phi) is 4.90. The van der Waals surface area contributed by atoms with Gasteiger partial charge in [-0.15, -0.1) is 0 Å². The molecular formula is C13H22N2O2S. The lowest BCUT2D eigenvalue weighted by Crippen LogP contribution is -2.48. The van der Waals surface area contributed by atoms with Crippen molar-refractivity contribution >= 4 is 10.0 Å². The van der Waals surface area contributed by atoms with Gasteiger partial charge in [0, 0.05) is 12.1 Å². The van der Waals surface area contributed by atoms with E-state index in [1.165, 1.54) is 0 Å². The molecule has 0 saturated heterocycles. The van der Waals surface area contributed by atoms with Crippen molar-refractivity contribution in [2.75, 3.05) is 13.1 Å². The van der Waals surface area contributed by atoms with Gasteiger partial charge in [0.15, 0.2) is 0 Å². The fourth-order valence-corrected chi connectivity index (χ4v) is 2.83. The monoisotopic (exact) mass is 270 g/mol. The molecule has 0 atom stereocenters. The minimum Gasteiger partial charge on any atom is -0.311 e. The summed E-state index contributed by atoms with van der Waals surface area (Å²) < 4.78 is 26.7. The zero-order valence-electron chi connectivity index (χ0n) is 11.4. The first-order valence-corrected chi connectivity index (χ1v) is 7.56. The van der Waals surface area contributed by atoms with E-state index < -0.39 is 10.0 Å². The van der Waals surface area contributed by atoms with Gasteiger partial charge in [-0.1, -0.05) is 24.6 Å². The molecule has 0 amide bonds. The highest BCUT2D eigenvalue weighted by molar-refractivity contribution is 7.89. The Hall–Kier alpha value is -0.910. The van der Waals surface area contributed by atoms with E-state index in [0.717, 1.165) is 12.1 Å². The molecule has 1 aromatic rings. The summed E-state index contributed by atoms with van der Waals surface area (Å²) in [6.45, 7) is 9.02. The summed E-state index contributed by atoms with van der Waals surface area (Å²) in [6.07, 6.45) is 0. The Morgan fingerprint density at radius 2 is 1.72 bits per heavy atom. The van der Waals surface area contributed by atoms with Crippen LogP contribution in [0.15, 0.2) is 29.2 Å². The van der Waals surface area contributed by atoms with Crippen LogP contribution in [0.5, 0.6) is 0 Å². The van der Waals surface area contributed by atoms with Crippen molar-refractivity contribution in [1.29, 1.82) is 0 Å². The highest BCUT2D eigenvalue weighted by Gasteiger charge is 2.20. The number of benzene rings is 1. The van der Waals surface area contributed by atoms with Crippen LogP contribution in [-0.2, 0) is 10.0 Å². The first kappa shape index (κ1) is 15.1. The average molecular weight is 270 g/mol. The third kappa shape index (κ3) is 4.40. The van der Waals surface area contributed by atoms with Crippen LogP contribution in [0.3, 0.4) is 0 Å². The minimum absolute atomic E-state index is 0.257. The SMILES string of the molecule is CCNC(C)(C)CNS(=O)(=O)c1ccc(C)cc1. The van der Waals surface area contributed by atoms with Crippen molar-refractivity contribution in [2.45, 2.75) is 38.1 Å². The van der Waals surface area contributed by atoms with Crippen LogP contribution < -0.4 is 10.0 Å². The highest BCUT2D eigenvalue weighted by Crippen LogP contribution is 2.10. The quantitative estimate of drug-likeness (QED) is 0.826. The predicted molar refractivity (Wildman–Crippen MR) is 74.1 cm³/mol. The van der Waals surface area contributed by atoms with Gasteiger partial charge in [-0.25, -0.2) is 13.1 Å². The maximum Gasteiger partial charge on any atom is 0.240 e.